The van der Waals surface area contributed by atoms with Gasteiger partial charge in [-0.25, -0.2) is 0 Å². The van der Waals surface area contributed by atoms with E-state index in [1.165, 1.54) is 0 Å². The minimum atomic E-state index is 0.687. The molecular weight excluding hydrogens is 212 g/mol. The molecule has 15 heavy (non-hydrogen) atoms. The zero-order chi connectivity index (χ0) is 10.9. The van der Waals surface area contributed by atoms with Crippen LogP contribution in [0.2, 0.25) is 0 Å². The Labute approximate surface area is 94.6 Å². The number of aromatic nitrogens is 1. The molecule has 0 aliphatic carbocycles. The Balaban J connectivity index is 1.91. The molecule has 0 spiro atoms. The molecule has 1 aromatic rings. The third-order valence-electron chi connectivity index (χ3n) is 1.84. The highest BCUT2D eigenvalue weighted by Crippen LogP contribution is 1.92. The minimum absolute atomic E-state index is 0.687. The fourth-order valence-corrected chi connectivity index (χ4v) is 1.15. The lowest BCUT2D eigenvalue weighted by molar-refractivity contribution is 0.408. The van der Waals surface area contributed by atoms with E-state index >= 15 is 0 Å². The predicted molar refractivity (Wildman–Crippen MR) is 62.5 cm³/mol. The van der Waals surface area contributed by atoms with Gasteiger partial charge in [-0.2, -0.15) is 0 Å². The topological polar surface area (TPSA) is 62.1 Å². The molecule has 0 aromatic carbocycles. The first-order valence-electron chi connectivity index (χ1n) is 4.88. The molecule has 84 valence electrons. The second kappa shape index (κ2) is 7.19. The first kappa shape index (κ1) is 11.9. The van der Waals surface area contributed by atoms with Crippen LogP contribution >= 0.6 is 12.2 Å². The maximum absolute atomic E-state index is 4.93. The Kier molecular flexibility index (Phi) is 5.72. The summed E-state index contributed by atoms with van der Waals surface area (Å²) < 4.78 is 4.71. The van der Waals surface area contributed by atoms with Crippen molar-refractivity contribution in [3.8, 4) is 0 Å². The van der Waals surface area contributed by atoms with Crippen LogP contribution in [-0.4, -0.2) is 30.4 Å². The highest BCUT2D eigenvalue weighted by molar-refractivity contribution is 7.80. The van der Waals surface area contributed by atoms with Gasteiger partial charge in [-0.3, -0.25) is 0 Å². The van der Waals surface area contributed by atoms with Crippen molar-refractivity contribution in [2.75, 3.05) is 20.1 Å². The van der Waals surface area contributed by atoms with Crippen LogP contribution in [0.25, 0.3) is 0 Å². The van der Waals surface area contributed by atoms with Crippen molar-refractivity contribution in [2.45, 2.75) is 13.0 Å². The number of thiocarbonyl (C=S) groups is 1. The molecule has 0 fully saturated rings. The van der Waals surface area contributed by atoms with Crippen LogP contribution in [-0.2, 0) is 6.54 Å². The molecule has 1 heterocycles. The molecule has 0 radical (unpaired) electrons. The van der Waals surface area contributed by atoms with E-state index in [2.05, 4.69) is 21.1 Å². The maximum atomic E-state index is 4.93. The van der Waals surface area contributed by atoms with Crippen molar-refractivity contribution in [2.24, 2.45) is 0 Å². The highest BCUT2D eigenvalue weighted by atomic mass is 32.1. The first-order chi connectivity index (χ1) is 7.33. The van der Waals surface area contributed by atoms with Gasteiger partial charge in [0.05, 0.1) is 5.69 Å². The van der Waals surface area contributed by atoms with E-state index in [4.69, 9.17) is 16.7 Å². The van der Waals surface area contributed by atoms with E-state index in [1.807, 2.05) is 6.07 Å². The van der Waals surface area contributed by atoms with E-state index in [9.17, 15) is 0 Å². The van der Waals surface area contributed by atoms with Crippen LogP contribution in [0.15, 0.2) is 16.9 Å². The number of nitrogens with zero attached hydrogens (tertiary/aromatic N) is 1. The van der Waals surface area contributed by atoms with Crippen LogP contribution in [0.4, 0.5) is 0 Å². The lowest BCUT2D eigenvalue weighted by atomic mass is 10.4. The maximum Gasteiger partial charge on any atom is 0.166 e. The quantitative estimate of drug-likeness (QED) is 0.479. The SMILES string of the molecule is CNC(=S)NCCCNCc1ccon1. The average Bonchev–Trinajstić information content (AvgIpc) is 2.75. The Morgan fingerprint density at radius 1 is 1.53 bits per heavy atom. The summed E-state index contributed by atoms with van der Waals surface area (Å²) in [6.45, 7) is 2.53. The van der Waals surface area contributed by atoms with Crippen LogP contribution in [0.1, 0.15) is 12.1 Å². The molecule has 5 nitrogen and oxygen atoms in total. The largest absolute Gasteiger partial charge is 0.366 e. The molecule has 0 atom stereocenters. The van der Waals surface area contributed by atoms with Gasteiger partial charge in [0.15, 0.2) is 5.11 Å². The predicted octanol–water partition coefficient (Wildman–Crippen LogP) is 0.248. The summed E-state index contributed by atoms with van der Waals surface area (Å²) in [6.07, 6.45) is 2.59. The molecule has 3 N–H and O–H groups in total. The molecule has 1 rings (SSSR count). The van der Waals surface area contributed by atoms with Crippen molar-refractivity contribution in [3.05, 3.63) is 18.0 Å². The van der Waals surface area contributed by atoms with Crippen molar-refractivity contribution in [1.82, 2.24) is 21.1 Å². The summed E-state index contributed by atoms with van der Waals surface area (Å²) in [5, 5.41) is 13.7. The van der Waals surface area contributed by atoms with E-state index in [1.54, 1.807) is 13.3 Å². The molecule has 6 heteroatoms. The first-order valence-corrected chi connectivity index (χ1v) is 5.29. The third-order valence-corrected chi connectivity index (χ3v) is 2.19. The van der Waals surface area contributed by atoms with Crippen LogP contribution in [0, 0.1) is 0 Å². The highest BCUT2D eigenvalue weighted by Gasteiger charge is 1.95. The Morgan fingerprint density at radius 2 is 2.40 bits per heavy atom. The van der Waals surface area contributed by atoms with E-state index in [0.717, 1.165) is 31.7 Å². The number of hydrogen-bond acceptors (Lipinski definition) is 4. The lowest BCUT2D eigenvalue weighted by Gasteiger charge is -2.06. The second-order valence-electron chi connectivity index (χ2n) is 3.03. The van der Waals surface area contributed by atoms with Crippen molar-refractivity contribution in [1.29, 1.82) is 0 Å². The molecule has 0 amide bonds. The van der Waals surface area contributed by atoms with Gasteiger partial charge in [0.2, 0.25) is 0 Å². The smallest absolute Gasteiger partial charge is 0.166 e. The number of rotatable bonds is 6. The molecule has 0 aliphatic heterocycles. The average molecular weight is 228 g/mol. The summed E-state index contributed by atoms with van der Waals surface area (Å²) in [5.41, 5.74) is 0.925. The summed E-state index contributed by atoms with van der Waals surface area (Å²) in [5.74, 6) is 0. The van der Waals surface area contributed by atoms with Crippen molar-refractivity contribution in [3.63, 3.8) is 0 Å². The summed E-state index contributed by atoms with van der Waals surface area (Å²) in [6, 6.07) is 1.85. The Bertz CT molecular complexity index is 276. The van der Waals surface area contributed by atoms with Crippen molar-refractivity contribution < 1.29 is 4.52 Å². The Hall–Kier alpha value is -1.14. The van der Waals surface area contributed by atoms with Gasteiger partial charge < -0.3 is 20.5 Å². The molecule has 1 aromatic heterocycles. The van der Waals surface area contributed by atoms with Gasteiger partial charge in [0.1, 0.15) is 6.26 Å². The number of nitrogens with one attached hydrogen (secondary N) is 3. The van der Waals surface area contributed by atoms with Gasteiger partial charge in [0.25, 0.3) is 0 Å². The Morgan fingerprint density at radius 3 is 3.07 bits per heavy atom. The van der Waals surface area contributed by atoms with E-state index < -0.39 is 0 Å². The van der Waals surface area contributed by atoms with Crippen LogP contribution < -0.4 is 16.0 Å². The molecule has 0 aliphatic rings. The summed E-state index contributed by atoms with van der Waals surface area (Å²) in [4.78, 5) is 0. The monoisotopic (exact) mass is 228 g/mol. The van der Waals surface area contributed by atoms with Crippen LogP contribution in [0.3, 0.4) is 0 Å². The molecule has 0 unspecified atom stereocenters. The molecule has 0 bridgehead atoms. The number of hydrogen-bond donors (Lipinski definition) is 3. The third kappa shape index (κ3) is 5.34. The van der Waals surface area contributed by atoms with Gasteiger partial charge in [0, 0.05) is 26.2 Å². The van der Waals surface area contributed by atoms with E-state index in [-0.39, 0.29) is 0 Å². The lowest BCUT2D eigenvalue weighted by Crippen LogP contribution is -2.34. The zero-order valence-corrected chi connectivity index (χ0v) is 9.56. The van der Waals surface area contributed by atoms with E-state index in [0.29, 0.717) is 5.11 Å². The van der Waals surface area contributed by atoms with Crippen LogP contribution in [0.5, 0.6) is 0 Å². The molecular formula is C9H16N4OS. The minimum Gasteiger partial charge on any atom is -0.366 e. The van der Waals surface area contributed by atoms with Gasteiger partial charge >= 0.3 is 0 Å². The normalized spacial score (nSPS) is 9.93. The fourth-order valence-electron chi connectivity index (χ4n) is 1.05. The van der Waals surface area contributed by atoms with Gasteiger partial charge in [-0.1, -0.05) is 5.16 Å². The summed E-state index contributed by atoms with van der Waals surface area (Å²) in [7, 11) is 1.80. The zero-order valence-electron chi connectivity index (χ0n) is 8.75. The molecule has 0 saturated carbocycles. The van der Waals surface area contributed by atoms with Gasteiger partial charge in [-0.15, -0.1) is 0 Å². The molecule has 0 saturated heterocycles. The second-order valence-corrected chi connectivity index (χ2v) is 3.44. The fraction of sp³-hybridized carbons (Fsp3) is 0.556. The standard InChI is InChI=1S/C9H16N4OS/c1-10-9(15)12-5-2-4-11-7-8-3-6-14-13-8/h3,6,11H,2,4-5,7H2,1H3,(H2,10,12,15). The summed E-state index contributed by atoms with van der Waals surface area (Å²) >= 11 is 4.93. The van der Waals surface area contributed by atoms with Gasteiger partial charge in [-0.05, 0) is 25.2 Å². The van der Waals surface area contributed by atoms with Crippen molar-refractivity contribution >= 4 is 17.3 Å².